The first-order valence-electron chi connectivity index (χ1n) is 10.0. The van der Waals surface area contributed by atoms with Gasteiger partial charge in [-0.1, -0.05) is 41.4 Å². The molecule has 3 rings (SSSR count). The highest BCUT2D eigenvalue weighted by molar-refractivity contribution is 6.30. The van der Waals surface area contributed by atoms with Gasteiger partial charge >= 0.3 is 0 Å². The number of carbonyl (C=O) groups excluding carboxylic acids is 1. The van der Waals surface area contributed by atoms with E-state index in [0.29, 0.717) is 28.9 Å². The zero-order chi connectivity index (χ0) is 22.9. The lowest BCUT2D eigenvalue weighted by molar-refractivity contribution is -0.123. The Balaban J connectivity index is 1.52. The molecule has 7 heteroatoms. The molecule has 0 aromatic heterocycles. The van der Waals surface area contributed by atoms with Crippen molar-refractivity contribution >= 4 is 23.7 Å². The predicted molar refractivity (Wildman–Crippen MR) is 126 cm³/mol. The topological polar surface area (TPSA) is 69.2 Å². The molecular weight excluding hydrogens is 428 g/mol. The summed E-state index contributed by atoms with van der Waals surface area (Å²) >= 11 is 5.92. The lowest BCUT2D eigenvalue weighted by atomic mass is 10.2. The molecule has 0 saturated carbocycles. The van der Waals surface area contributed by atoms with Gasteiger partial charge in [0.15, 0.2) is 18.1 Å². The number of halogens is 1. The third-order valence-electron chi connectivity index (χ3n) is 4.60. The average molecular weight is 453 g/mol. The fourth-order valence-electron chi connectivity index (χ4n) is 2.86. The summed E-state index contributed by atoms with van der Waals surface area (Å²) in [4.78, 5) is 12.0. The number of ether oxygens (including phenoxy) is 3. The first kappa shape index (κ1) is 23.2. The number of hydrogen-bond donors (Lipinski definition) is 1. The minimum absolute atomic E-state index is 0.158. The van der Waals surface area contributed by atoms with Crippen LogP contribution in [0.5, 0.6) is 17.2 Å². The molecule has 3 aromatic carbocycles. The number of aryl methyl sites for hydroxylation is 2. The second-order valence-corrected chi connectivity index (χ2v) is 7.61. The summed E-state index contributed by atoms with van der Waals surface area (Å²) in [6.45, 7) is 4.19. The Bertz CT molecular complexity index is 1100. The van der Waals surface area contributed by atoms with Crippen molar-refractivity contribution < 1.29 is 19.0 Å². The van der Waals surface area contributed by atoms with E-state index >= 15 is 0 Å². The van der Waals surface area contributed by atoms with Crippen LogP contribution in [0.2, 0.25) is 5.02 Å². The van der Waals surface area contributed by atoms with Crippen LogP contribution in [0.25, 0.3) is 0 Å². The molecule has 0 radical (unpaired) electrons. The normalized spacial score (nSPS) is 10.8. The Morgan fingerprint density at radius 2 is 1.72 bits per heavy atom. The van der Waals surface area contributed by atoms with Crippen LogP contribution in [-0.2, 0) is 11.4 Å². The fourth-order valence-corrected chi connectivity index (χ4v) is 3.08. The minimum Gasteiger partial charge on any atom is -0.493 e. The molecule has 6 nitrogen and oxygen atoms in total. The van der Waals surface area contributed by atoms with Crippen LogP contribution in [0.3, 0.4) is 0 Å². The Labute approximate surface area is 192 Å². The SMILES string of the molecule is COc1cc(/C=N/NC(=O)COc2ccc(Cl)cc2C)ccc1OCc1ccc(C)cc1. The van der Waals surface area contributed by atoms with E-state index < -0.39 is 0 Å². The first-order chi connectivity index (χ1) is 15.4. The first-order valence-corrected chi connectivity index (χ1v) is 10.4. The highest BCUT2D eigenvalue weighted by Gasteiger charge is 2.07. The molecule has 0 unspecified atom stereocenters. The number of hydrogen-bond acceptors (Lipinski definition) is 5. The Morgan fingerprint density at radius 1 is 0.969 bits per heavy atom. The summed E-state index contributed by atoms with van der Waals surface area (Å²) < 4.78 is 16.8. The zero-order valence-corrected chi connectivity index (χ0v) is 19.0. The summed E-state index contributed by atoms with van der Waals surface area (Å²) in [6, 6.07) is 18.8. The number of methoxy groups -OCH3 is 1. The van der Waals surface area contributed by atoms with Gasteiger partial charge in [-0.25, -0.2) is 5.43 Å². The number of benzene rings is 3. The molecule has 3 aromatic rings. The van der Waals surface area contributed by atoms with E-state index in [0.717, 1.165) is 16.7 Å². The molecule has 0 atom stereocenters. The lowest BCUT2D eigenvalue weighted by Crippen LogP contribution is -2.24. The minimum atomic E-state index is -0.374. The highest BCUT2D eigenvalue weighted by atomic mass is 35.5. The van der Waals surface area contributed by atoms with Crippen LogP contribution in [0, 0.1) is 13.8 Å². The van der Waals surface area contributed by atoms with Gasteiger partial charge in [0.2, 0.25) is 0 Å². The van der Waals surface area contributed by atoms with Crippen LogP contribution in [0.1, 0.15) is 22.3 Å². The van der Waals surface area contributed by atoms with Gasteiger partial charge in [0, 0.05) is 5.02 Å². The van der Waals surface area contributed by atoms with Gasteiger partial charge in [0.25, 0.3) is 5.91 Å². The number of hydrazone groups is 1. The molecule has 0 aliphatic carbocycles. The van der Waals surface area contributed by atoms with Crippen molar-refractivity contribution in [1.29, 1.82) is 0 Å². The van der Waals surface area contributed by atoms with Gasteiger partial charge < -0.3 is 14.2 Å². The molecule has 0 fully saturated rings. The maximum Gasteiger partial charge on any atom is 0.277 e. The van der Waals surface area contributed by atoms with Crippen molar-refractivity contribution in [2.75, 3.05) is 13.7 Å². The van der Waals surface area contributed by atoms with Crippen molar-refractivity contribution in [3.05, 3.63) is 87.9 Å². The monoisotopic (exact) mass is 452 g/mol. The van der Waals surface area contributed by atoms with Crippen molar-refractivity contribution in [1.82, 2.24) is 5.43 Å². The average Bonchev–Trinajstić information content (AvgIpc) is 2.78. The number of rotatable bonds is 9. The summed E-state index contributed by atoms with van der Waals surface area (Å²) in [7, 11) is 1.58. The molecule has 1 amide bonds. The van der Waals surface area contributed by atoms with Crippen LogP contribution >= 0.6 is 11.6 Å². The number of amides is 1. The van der Waals surface area contributed by atoms with E-state index in [1.54, 1.807) is 31.4 Å². The second kappa shape index (κ2) is 11.2. The Hall–Kier alpha value is -3.51. The number of nitrogens with zero attached hydrogens (tertiary/aromatic N) is 1. The van der Waals surface area contributed by atoms with E-state index in [2.05, 4.69) is 10.5 Å². The Kier molecular flexibility index (Phi) is 8.11. The third kappa shape index (κ3) is 6.75. The molecule has 0 aliphatic heterocycles. The van der Waals surface area contributed by atoms with E-state index in [4.69, 9.17) is 25.8 Å². The smallest absolute Gasteiger partial charge is 0.277 e. The maximum absolute atomic E-state index is 12.0. The fraction of sp³-hybridized carbons (Fsp3) is 0.200. The molecule has 1 N–H and O–H groups in total. The lowest BCUT2D eigenvalue weighted by Gasteiger charge is -2.11. The van der Waals surface area contributed by atoms with Crippen molar-refractivity contribution in [3.63, 3.8) is 0 Å². The maximum atomic E-state index is 12.0. The standard InChI is InChI=1S/C25H25ClN2O4/c1-17-4-6-19(7-5-17)15-31-23-10-8-20(13-24(23)30-3)14-27-28-25(29)16-32-22-11-9-21(26)12-18(22)2/h4-14H,15-16H2,1-3H3,(H,28,29)/b27-14+. The number of nitrogens with one attached hydrogen (secondary N) is 1. The van der Waals surface area contributed by atoms with Gasteiger partial charge in [-0.2, -0.15) is 5.10 Å². The number of carbonyl (C=O) groups is 1. The van der Waals surface area contributed by atoms with Gasteiger partial charge in [-0.3, -0.25) is 4.79 Å². The van der Waals surface area contributed by atoms with E-state index in [9.17, 15) is 4.79 Å². The summed E-state index contributed by atoms with van der Waals surface area (Å²) in [5.41, 5.74) is 6.32. The molecule has 0 aliphatic rings. The highest BCUT2D eigenvalue weighted by Crippen LogP contribution is 2.28. The van der Waals surface area contributed by atoms with Crippen LogP contribution in [0.4, 0.5) is 0 Å². The predicted octanol–water partition coefficient (Wildman–Crippen LogP) is 5.07. The van der Waals surface area contributed by atoms with Crippen LogP contribution in [0.15, 0.2) is 65.8 Å². The van der Waals surface area contributed by atoms with Crippen molar-refractivity contribution in [2.24, 2.45) is 5.10 Å². The van der Waals surface area contributed by atoms with E-state index in [-0.39, 0.29) is 12.5 Å². The van der Waals surface area contributed by atoms with E-state index in [1.165, 1.54) is 11.8 Å². The summed E-state index contributed by atoms with van der Waals surface area (Å²) in [6.07, 6.45) is 1.53. The Morgan fingerprint density at radius 3 is 2.44 bits per heavy atom. The van der Waals surface area contributed by atoms with Gasteiger partial charge in [-0.15, -0.1) is 0 Å². The van der Waals surface area contributed by atoms with Gasteiger partial charge in [-0.05, 0) is 66.9 Å². The van der Waals surface area contributed by atoms with Crippen LogP contribution in [-0.4, -0.2) is 25.8 Å². The molecule has 0 heterocycles. The largest absolute Gasteiger partial charge is 0.493 e. The molecule has 166 valence electrons. The molecular formula is C25H25ClN2O4. The second-order valence-electron chi connectivity index (χ2n) is 7.18. The molecule has 0 bridgehead atoms. The summed E-state index contributed by atoms with van der Waals surface area (Å²) in [5, 5.41) is 4.59. The quantitative estimate of drug-likeness (QED) is 0.363. The summed E-state index contributed by atoms with van der Waals surface area (Å²) in [5.74, 6) is 1.43. The van der Waals surface area contributed by atoms with Gasteiger partial charge in [0.1, 0.15) is 12.4 Å². The molecule has 32 heavy (non-hydrogen) atoms. The molecule has 0 saturated heterocycles. The van der Waals surface area contributed by atoms with Gasteiger partial charge in [0.05, 0.1) is 13.3 Å². The van der Waals surface area contributed by atoms with Crippen molar-refractivity contribution in [2.45, 2.75) is 20.5 Å². The third-order valence-corrected chi connectivity index (χ3v) is 4.84. The van der Waals surface area contributed by atoms with E-state index in [1.807, 2.05) is 50.2 Å². The van der Waals surface area contributed by atoms with Crippen LogP contribution < -0.4 is 19.6 Å². The zero-order valence-electron chi connectivity index (χ0n) is 18.2. The van der Waals surface area contributed by atoms with Crippen molar-refractivity contribution in [3.8, 4) is 17.2 Å². The molecule has 0 spiro atoms.